The molecule has 10 heteroatoms. The molecule has 2 amide bonds. The number of β-lactam (4-membered cyclic amide) rings is 1. The lowest BCUT2D eigenvalue weighted by atomic mass is 9.99. The average Bonchev–Trinajstić information content (AvgIpc) is 3.30. The molecule has 9 nitrogen and oxygen atoms in total. The van der Waals surface area contributed by atoms with Crippen molar-refractivity contribution in [2.24, 2.45) is 0 Å². The van der Waals surface area contributed by atoms with Crippen LogP contribution >= 0.6 is 0 Å². The lowest BCUT2D eigenvalue weighted by molar-refractivity contribution is -0.131. The van der Waals surface area contributed by atoms with Crippen LogP contribution in [0.1, 0.15) is 39.5 Å². The molecule has 1 saturated heterocycles. The highest BCUT2D eigenvalue weighted by atomic mass is 28.4. The van der Waals surface area contributed by atoms with E-state index in [9.17, 15) is 9.59 Å². The highest BCUT2D eigenvalue weighted by Gasteiger charge is 2.51. The van der Waals surface area contributed by atoms with Gasteiger partial charge < -0.3 is 20.2 Å². The third-order valence-electron chi connectivity index (χ3n) is 6.39. The highest BCUT2D eigenvalue weighted by Crippen LogP contribution is 2.39. The van der Waals surface area contributed by atoms with E-state index in [4.69, 9.17) is 9.53 Å². The predicted molar refractivity (Wildman–Crippen MR) is 134 cm³/mol. The van der Waals surface area contributed by atoms with Crippen molar-refractivity contribution in [1.29, 1.82) is 0 Å². The SMILES string of the molecule is CC(O[Si](c1ccccc1)(c1ccccc1)C(C)(C)C)c1cnn(C[C@H]2NC(=O)[C@H]2NC(=O)O)n1. The third kappa shape index (κ3) is 4.84. The molecule has 1 aliphatic heterocycles. The number of nitrogens with one attached hydrogen (secondary N) is 2. The number of carbonyl (C=O) groups excluding carboxylic acids is 1. The number of aromatic nitrogens is 3. The number of hydrogen-bond donors (Lipinski definition) is 3. The maximum atomic E-state index is 11.7. The van der Waals surface area contributed by atoms with Gasteiger partial charge in [-0.2, -0.15) is 15.0 Å². The lowest BCUT2D eigenvalue weighted by Gasteiger charge is -2.44. The summed E-state index contributed by atoms with van der Waals surface area (Å²) in [6, 6.07) is 19.6. The van der Waals surface area contributed by atoms with Crippen molar-refractivity contribution in [3.05, 3.63) is 72.6 Å². The first-order valence-corrected chi connectivity index (χ1v) is 13.5. The lowest BCUT2D eigenvalue weighted by Crippen LogP contribution is -2.70. The van der Waals surface area contributed by atoms with Crippen LogP contribution in [0.5, 0.6) is 0 Å². The van der Waals surface area contributed by atoms with Gasteiger partial charge in [-0.05, 0) is 22.3 Å². The predicted octanol–water partition coefficient (Wildman–Crippen LogP) is 2.05. The zero-order valence-electron chi connectivity index (χ0n) is 20.3. The molecule has 2 heterocycles. The van der Waals surface area contributed by atoms with Crippen molar-refractivity contribution in [1.82, 2.24) is 25.6 Å². The van der Waals surface area contributed by atoms with Crippen LogP contribution in [0, 0.1) is 0 Å². The largest absolute Gasteiger partial charge is 0.465 e. The second kappa shape index (κ2) is 9.63. The summed E-state index contributed by atoms with van der Waals surface area (Å²) in [6.45, 7) is 8.89. The van der Waals surface area contributed by atoms with Crippen LogP contribution in [-0.2, 0) is 15.8 Å². The molecule has 2 aromatic carbocycles. The van der Waals surface area contributed by atoms with Gasteiger partial charge in [-0.25, -0.2) is 4.79 Å². The van der Waals surface area contributed by atoms with E-state index < -0.39 is 26.5 Å². The summed E-state index contributed by atoms with van der Waals surface area (Å²) in [7, 11) is -2.76. The molecule has 184 valence electrons. The molecule has 4 rings (SSSR count). The summed E-state index contributed by atoms with van der Waals surface area (Å²) in [5.41, 5.74) is 0.673. The Morgan fingerprint density at radius 1 is 1.14 bits per heavy atom. The van der Waals surface area contributed by atoms with Gasteiger partial charge in [-0.15, -0.1) is 0 Å². The van der Waals surface area contributed by atoms with E-state index in [1.54, 1.807) is 6.20 Å². The minimum Gasteiger partial charge on any atom is -0.465 e. The first-order valence-electron chi connectivity index (χ1n) is 11.6. The van der Waals surface area contributed by atoms with Crippen molar-refractivity contribution in [2.45, 2.75) is 57.5 Å². The van der Waals surface area contributed by atoms with Gasteiger partial charge in [0.05, 0.1) is 24.9 Å². The summed E-state index contributed by atoms with van der Waals surface area (Å²) in [6.07, 6.45) is 0.0815. The number of carboxylic acid groups (broad SMARTS) is 1. The van der Waals surface area contributed by atoms with E-state index in [-0.39, 0.29) is 23.6 Å². The molecule has 0 bridgehead atoms. The Labute approximate surface area is 205 Å². The Hall–Kier alpha value is -3.50. The Morgan fingerprint density at radius 3 is 2.20 bits per heavy atom. The van der Waals surface area contributed by atoms with Crippen LogP contribution in [0.4, 0.5) is 4.79 Å². The average molecular weight is 494 g/mol. The quantitative estimate of drug-likeness (QED) is 0.327. The zero-order chi connectivity index (χ0) is 25.2. The molecule has 3 atom stereocenters. The van der Waals surface area contributed by atoms with Crippen LogP contribution in [0.3, 0.4) is 0 Å². The van der Waals surface area contributed by atoms with Gasteiger partial charge in [0.25, 0.3) is 8.32 Å². The molecule has 1 aromatic heterocycles. The number of amides is 2. The number of benzene rings is 2. The van der Waals surface area contributed by atoms with E-state index in [1.165, 1.54) is 15.2 Å². The van der Waals surface area contributed by atoms with Gasteiger partial charge >= 0.3 is 6.09 Å². The Morgan fingerprint density at radius 2 is 1.71 bits per heavy atom. The third-order valence-corrected chi connectivity index (χ3v) is 11.5. The molecule has 0 spiro atoms. The maximum Gasteiger partial charge on any atom is 0.405 e. The molecule has 3 aromatic rings. The van der Waals surface area contributed by atoms with E-state index in [0.29, 0.717) is 5.69 Å². The standard InChI is InChI=1S/C25H31N5O4Si/c1-17(20-15-26-30(29-20)16-21-22(23(31)27-21)28-24(32)33)34-35(25(2,3)4,18-11-7-5-8-12-18)19-13-9-6-10-14-19/h5-15,17,21-22,28H,16H2,1-4H3,(H,27,31)(H,32,33)/t17?,21-,22+/m1/s1. The summed E-state index contributed by atoms with van der Waals surface area (Å²) in [5, 5.41) is 25.0. The molecular weight excluding hydrogens is 462 g/mol. The van der Waals surface area contributed by atoms with Gasteiger partial charge in [0.15, 0.2) is 0 Å². The van der Waals surface area contributed by atoms with E-state index in [1.807, 2.05) is 43.3 Å². The van der Waals surface area contributed by atoms with Gasteiger partial charge in [0.1, 0.15) is 11.7 Å². The van der Waals surface area contributed by atoms with Crippen LogP contribution in [0.25, 0.3) is 0 Å². The normalized spacial score (nSPS) is 18.9. The first kappa shape index (κ1) is 24.6. The van der Waals surface area contributed by atoms with Gasteiger partial charge in [0.2, 0.25) is 5.91 Å². The van der Waals surface area contributed by atoms with Crippen LogP contribution in [-0.4, -0.2) is 52.5 Å². The smallest absolute Gasteiger partial charge is 0.405 e. The molecule has 0 radical (unpaired) electrons. The highest BCUT2D eigenvalue weighted by molar-refractivity contribution is 6.99. The summed E-state index contributed by atoms with van der Waals surface area (Å²) in [5.74, 6) is -0.354. The molecule has 0 saturated carbocycles. The van der Waals surface area contributed by atoms with Gasteiger partial charge in [-0.1, -0.05) is 81.4 Å². The van der Waals surface area contributed by atoms with Crippen molar-refractivity contribution in [2.75, 3.05) is 0 Å². The van der Waals surface area contributed by atoms with E-state index in [0.717, 1.165) is 0 Å². The van der Waals surface area contributed by atoms with Crippen molar-refractivity contribution < 1.29 is 19.1 Å². The monoisotopic (exact) mass is 493 g/mol. The summed E-state index contributed by atoms with van der Waals surface area (Å²) in [4.78, 5) is 24.1. The van der Waals surface area contributed by atoms with E-state index in [2.05, 4.69) is 65.9 Å². The topological polar surface area (TPSA) is 118 Å². The fraction of sp³-hybridized carbons (Fsp3) is 0.360. The van der Waals surface area contributed by atoms with E-state index >= 15 is 0 Å². The number of hydrogen-bond acceptors (Lipinski definition) is 5. The summed E-state index contributed by atoms with van der Waals surface area (Å²) < 4.78 is 7.07. The minimum atomic E-state index is -2.76. The van der Waals surface area contributed by atoms with Crippen molar-refractivity contribution in [3.63, 3.8) is 0 Å². The number of carbonyl (C=O) groups is 2. The molecule has 0 aliphatic carbocycles. The molecular formula is C25H31N5O4Si. The maximum absolute atomic E-state index is 11.7. The fourth-order valence-corrected chi connectivity index (χ4v) is 9.34. The first-order chi connectivity index (χ1) is 16.6. The Balaban J connectivity index is 1.61. The Kier molecular flexibility index (Phi) is 6.77. The number of rotatable bonds is 8. The van der Waals surface area contributed by atoms with Crippen LogP contribution < -0.4 is 21.0 Å². The van der Waals surface area contributed by atoms with Crippen molar-refractivity contribution >= 4 is 30.7 Å². The molecule has 35 heavy (non-hydrogen) atoms. The second-order valence-electron chi connectivity index (χ2n) is 9.79. The van der Waals surface area contributed by atoms with Crippen molar-refractivity contribution in [3.8, 4) is 0 Å². The van der Waals surface area contributed by atoms with Gasteiger partial charge in [0, 0.05) is 0 Å². The van der Waals surface area contributed by atoms with Crippen LogP contribution in [0.15, 0.2) is 66.9 Å². The molecule has 1 unspecified atom stereocenters. The van der Waals surface area contributed by atoms with Crippen LogP contribution in [0.2, 0.25) is 5.04 Å². The minimum absolute atomic E-state index is 0.175. The number of nitrogens with zero attached hydrogens (tertiary/aromatic N) is 3. The zero-order valence-corrected chi connectivity index (χ0v) is 21.3. The molecule has 1 fully saturated rings. The second-order valence-corrected chi connectivity index (χ2v) is 14.0. The Bertz CT molecular complexity index is 1140. The van der Waals surface area contributed by atoms with Gasteiger partial charge in [-0.3, -0.25) is 4.79 Å². The molecule has 3 N–H and O–H groups in total. The summed E-state index contributed by atoms with van der Waals surface area (Å²) >= 11 is 0. The molecule has 1 aliphatic rings. The fourth-order valence-electron chi connectivity index (χ4n) is 4.67.